The van der Waals surface area contributed by atoms with Crippen LogP contribution in [0.4, 0.5) is 0 Å². The quantitative estimate of drug-likeness (QED) is 0.844. The van der Waals surface area contributed by atoms with E-state index < -0.39 is 11.8 Å². The molecule has 0 saturated heterocycles. The van der Waals surface area contributed by atoms with Crippen LogP contribution in [0, 0.1) is 0 Å². The number of aromatic nitrogens is 1. The standard InChI is InChI=1S/C15H14ClN3O2/c16-13-6-2-1-5-12(13)10-19-15(21)14(20)18-9-11-4-3-7-17-8-11/h1-8H,9-10H2,(H,18,20)(H,19,21). The number of rotatable bonds is 4. The molecule has 0 bridgehead atoms. The Morgan fingerprint density at radius 1 is 1.00 bits per heavy atom. The lowest BCUT2D eigenvalue weighted by Gasteiger charge is -2.07. The van der Waals surface area contributed by atoms with Gasteiger partial charge in [-0.2, -0.15) is 0 Å². The van der Waals surface area contributed by atoms with E-state index in [1.165, 1.54) is 0 Å². The van der Waals surface area contributed by atoms with Crippen LogP contribution in [0.3, 0.4) is 0 Å². The summed E-state index contributed by atoms with van der Waals surface area (Å²) in [4.78, 5) is 27.2. The molecule has 1 aromatic heterocycles. The summed E-state index contributed by atoms with van der Waals surface area (Å²) in [5.74, 6) is -1.38. The molecule has 6 heteroatoms. The van der Waals surface area contributed by atoms with Crippen LogP contribution in [-0.4, -0.2) is 16.8 Å². The molecule has 0 saturated carbocycles. The monoisotopic (exact) mass is 303 g/mol. The number of nitrogens with one attached hydrogen (secondary N) is 2. The van der Waals surface area contributed by atoms with Gasteiger partial charge >= 0.3 is 11.8 Å². The summed E-state index contributed by atoms with van der Waals surface area (Å²) in [6.45, 7) is 0.463. The van der Waals surface area contributed by atoms with E-state index in [1.807, 2.05) is 12.1 Å². The van der Waals surface area contributed by atoms with Crippen molar-refractivity contribution in [2.24, 2.45) is 0 Å². The smallest absolute Gasteiger partial charge is 0.309 e. The van der Waals surface area contributed by atoms with Crippen molar-refractivity contribution in [3.63, 3.8) is 0 Å². The van der Waals surface area contributed by atoms with Crippen LogP contribution in [0.15, 0.2) is 48.8 Å². The maximum Gasteiger partial charge on any atom is 0.309 e. The number of carbonyl (C=O) groups excluding carboxylic acids is 2. The molecule has 108 valence electrons. The fourth-order valence-corrected chi connectivity index (χ4v) is 1.87. The van der Waals surface area contributed by atoms with Crippen LogP contribution in [-0.2, 0) is 22.7 Å². The van der Waals surface area contributed by atoms with Crippen LogP contribution in [0.25, 0.3) is 0 Å². The molecule has 0 aliphatic rings. The van der Waals surface area contributed by atoms with E-state index in [0.717, 1.165) is 11.1 Å². The van der Waals surface area contributed by atoms with E-state index in [-0.39, 0.29) is 13.1 Å². The second-order valence-corrected chi connectivity index (χ2v) is 4.73. The Labute approximate surface area is 127 Å². The number of carbonyl (C=O) groups is 2. The molecule has 0 aliphatic carbocycles. The van der Waals surface area contributed by atoms with E-state index in [9.17, 15) is 9.59 Å². The summed E-state index contributed by atoms with van der Waals surface area (Å²) in [6.07, 6.45) is 3.27. The van der Waals surface area contributed by atoms with Gasteiger partial charge in [0.15, 0.2) is 0 Å². The predicted octanol–water partition coefficient (Wildman–Crippen LogP) is 1.67. The van der Waals surface area contributed by atoms with Gasteiger partial charge in [-0.1, -0.05) is 35.9 Å². The average Bonchev–Trinajstić information content (AvgIpc) is 2.52. The first kappa shape index (κ1) is 15.0. The van der Waals surface area contributed by atoms with Gasteiger partial charge in [0.1, 0.15) is 0 Å². The summed E-state index contributed by atoms with van der Waals surface area (Å²) in [5.41, 5.74) is 1.58. The second-order valence-electron chi connectivity index (χ2n) is 4.32. The van der Waals surface area contributed by atoms with Crippen molar-refractivity contribution in [2.45, 2.75) is 13.1 Å². The predicted molar refractivity (Wildman–Crippen MR) is 79.4 cm³/mol. The highest BCUT2D eigenvalue weighted by Crippen LogP contribution is 2.14. The zero-order valence-corrected chi connectivity index (χ0v) is 11.9. The third kappa shape index (κ3) is 4.57. The average molecular weight is 304 g/mol. The topological polar surface area (TPSA) is 71.1 Å². The zero-order valence-electron chi connectivity index (χ0n) is 11.2. The van der Waals surface area contributed by atoms with Crippen molar-refractivity contribution in [1.82, 2.24) is 15.6 Å². The highest BCUT2D eigenvalue weighted by Gasteiger charge is 2.13. The Hall–Kier alpha value is -2.40. The summed E-state index contributed by atoms with van der Waals surface area (Å²) in [6, 6.07) is 10.7. The number of benzene rings is 1. The zero-order chi connectivity index (χ0) is 15.1. The highest BCUT2D eigenvalue weighted by molar-refractivity contribution is 6.35. The van der Waals surface area contributed by atoms with Gasteiger partial charge < -0.3 is 10.6 Å². The summed E-state index contributed by atoms with van der Waals surface area (Å²) in [5, 5.41) is 5.60. The molecule has 0 fully saturated rings. The van der Waals surface area contributed by atoms with Crippen molar-refractivity contribution in [3.05, 3.63) is 64.9 Å². The number of nitrogens with zero attached hydrogens (tertiary/aromatic N) is 1. The number of amides is 2. The second kappa shape index (κ2) is 7.40. The van der Waals surface area contributed by atoms with Gasteiger partial charge in [-0.25, -0.2) is 0 Å². The SMILES string of the molecule is O=C(NCc1cccnc1)C(=O)NCc1ccccc1Cl. The number of halogens is 1. The van der Waals surface area contributed by atoms with Crippen molar-refractivity contribution in [1.29, 1.82) is 0 Å². The third-order valence-corrected chi connectivity index (χ3v) is 3.15. The Bertz CT molecular complexity index is 632. The van der Waals surface area contributed by atoms with E-state index in [0.29, 0.717) is 5.02 Å². The van der Waals surface area contributed by atoms with Crippen LogP contribution in [0.5, 0.6) is 0 Å². The first-order valence-electron chi connectivity index (χ1n) is 6.35. The largest absolute Gasteiger partial charge is 0.344 e. The minimum absolute atomic E-state index is 0.207. The lowest BCUT2D eigenvalue weighted by molar-refractivity contribution is -0.139. The number of pyridine rings is 1. The molecule has 0 spiro atoms. The van der Waals surface area contributed by atoms with Gasteiger partial charge in [0, 0.05) is 30.5 Å². The highest BCUT2D eigenvalue weighted by atomic mass is 35.5. The lowest BCUT2D eigenvalue weighted by Crippen LogP contribution is -2.39. The molecule has 2 aromatic rings. The van der Waals surface area contributed by atoms with Crippen molar-refractivity contribution >= 4 is 23.4 Å². The van der Waals surface area contributed by atoms with Crippen molar-refractivity contribution in [2.75, 3.05) is 0 Å². The summed E-state index contributed by atoms with van der Waals surface area (Å²) < 4.78 is 0. The first-order valence-corrected chi connectivity index (χ1v) is 6.73. The minimum atomic E-state index is -0.696. The Balaban J connectivity index is 1.80. The number of hydrogen-bond donors (Lipinski definition) is 2. The fourth-order valence-electron chi connectivity index (χ4n) is 1.66. The molecule has 0 unspecified atom stereocenters. The normalized spacial score (nSPS) is 9.95. The van der Waals surface area contributed by atoms with Crippen LogP contribution >= 0.6 is 11.6 Å². The molecule has 0 aliphatic heterocycles. The molecular weight excluding hydrogens is 290 g/mol. The molecule has 1 aromatic carbocycles. The van der Waals surface area contributed by atoms with Crippen LogP contribution in [0.2, 0.25) is 5.02 Å². The van der Waals surface area contributed by atoms with E-state index >= 15 is 0 Å². The maximum atomic E-state index is 11.7. The van der Waals surface area contributed by atoms with Crippen LogP contribution < -0.4 is 10.6 Å². The van der Waals surface area contributed by atoms with Crippen molar-refractivity contribution < 1.29 is 9.59 Å². The summed E-state index contributed by atoms with van der Waals surface area (Å²) >= 11 is 5.97. The lowest BCUT2D eigenvalue weighted by atomic mass is 10.2. The van der Waals surface area contributed by atoms with Gasteiger partial charge in [-0.3, -0.25) is 14.6 Å². The molecular formula is C15H14ClN3O2. The van der Waals surface area contributed by atoms with Gasteiger partial charge in [0.05, 0.1) is 0 Å². The van der Waals surface area contributed by atoms with E-state index in [4.69, 9.17) is 11.6 Å². The van der Waals surface area contributed by atoms with Crippen molar-refractivity contribution in [3.8, 4) is 0 Å². The maximum absolute atomic E-state index is 11.7. The Morgan fingerprint density at radius 2 is 1.71 bits per heavy atom. The first-order chi connectivity index (χ1) is 10.2. The molecule has 5 nitrogen and oxygen atoms in total. The molecule has 2 rings (SSSR count). The fraction of sp³-hybridized carbons (Fsp3) is 0.133. The molecule has 2 N–H and O–H groups in total. The molecule has 0 atom stereocenters. The number of hydrogen-bond acceptors (Lipinski definition) is 3. The Kier molecular flexibility index (Phi) is 5.29. The van der Waals surface area contributed by atoms with E-state index in [2.05, 4.69) is 15.6 Å². The Morgan fingerprint density at radius 3 is 2.38 bits per heavy atom. The van der Waals surface area contributed by atoms with Gasteiger partial charge in [0.25, 0.3) is 0 Å². The molecule has 1 heterocycles. The van der Waals surface area contributed by atoms with Gasteiger partial charge in [0.2, 0.25) is 0 Å². The minimum Gasteiger partial charge on any atom is -0.344 e. The molecule has 0 radical (unpaired) electrons. The third-order valence-electron chi connectivity index (χ3n) is 2.78. The van der Waals surface area contributed by atoms with Gasteiger partial charge in [-0.05, 0) is 23.3 Å². The summed E-state index contributed by atoms with van der Waals surface area (Å²) in [7, 11) is 0. The molecule has 21 heavy (non-hydrogen) atoms. The van der Waals surface area contributed by atoms with E-state index in [1.54, 1.807) is 36.7 Å². The molecule has 2 amide bonds. The van der Waals surface area contributed by atoms with Gasteiger partial charge in [-0.15, -0.1) is 0 Å². The van der Waals surface area contributed by atoms with Crippen LogP contribution in [0.1, 0.15) is 11.1 Å².